The van der Waals surface area contributed by atoms with E-state index in [1.807, 2.05) is 12.1 Å². The average Bonchev–Trinajstić information content (AvgIpc) is 2.49. The summed E-state index contributed by atoms with van der Waals surface area (Å²) in [6.45, 7) is 6.33. The highest BCUT2D eigenvalue weighted by Gasteiger charge is 2.09. The van der Waals surface area contributed by atoms with Crippen molar-refractivity contribution in [2.24, 2.45) is 0 Å². The van der Waals surface area contributed by atoms with E-state index in [1.54, 1.807) is 0 Å². The Morgan fingerprint density at radius 1 is 1.00 bits per heavy atom. The maximum Gasteiger partial charge on any atom is 0.167 e. The SMILES string of the molecule is CCCCc1ccc(C(=O)Cc2cc(C)ccc2C)cc1. The number of carbonyl (C=O) groups is 1. The zero-order chi connectivity index (χ0) is 15.2. The summed E-state index contributed by atoms with van der Waals surface area (Å²) in [5, 5.41) is 0. The number of hydrogen-bond acceptors (Lipinski definition) is 1. The van der Waals surface area contributed by atoms with E-state index in [2.05, 4.69) is 51.1 Å². The molecule has 0 saturated heterocycles. The molecule has 2 aromatic rings. The summed E-state index contributed by atoms with van der Waals surface area (Å²) < 4.78 is 0. The second-order valence-corrected chi connectivity index (χ2v) is 5.83. The lowest BCUT2D eigenvalue weighted by molar-refractivity contribution is 0.0993. The third-order valence-electron chi connectivity index (χ3n) is 3.95. The Labute approximate surface area is 128 Å². The molecule has 0 amide bonds. The summed E-state index contributed by atoms with van der Waals surface area (Å²) in [5.74, 6) is 0.200. The summed E-state index contributed by atoms with van der Waals surface area (Å²) in [5.41, 5.74) is 5.66. The maximum atomic E-state index is 12.4. The summed E-state index contributed by atoms with van der Waals surface area (Å²) in [4.78, 5) is 12.4. The lowest BCUT2D eigenvalue weighted by Crippen LogP contribution is -2.05. The van der Waals surface area contributed by atoms with E-state index in [0.29, 0.717) is 6.42 Å². The van der Waals surface area contributed by atoms with Crippen LogP contribution >= 0.6 is 0 Å². The van der Waals surface area contributed by atoms with Crippen LogP contribution in [0, 0.1) is 13.8 Å². The molecule has 0 N–H and O–H groups in total. The Morgan fingerprint density at radius 3 is 2.38 bits per heavy atom. The van der Waals surface area contributed by atoms with Gasteiger partial charge in [-0.15, -0.1) is 0 Å². The predicted molar refractivity (Wildman–Crippen MR) is 89.0 cm³/mol. The van der Waals surface area contributed by atoms with Gasteiger partial charge in [0.25, 0.3) is 0 Å². The molecular weight excluding hydrogens is 256 g/mol. The van der Waals surface area contributed by atoms with Gasteiger partial charge in [-0.05, 0) is 43.4 Å². The van der Waals surface area contributed by atoms with Crippen molar-refractivity contribution >= 4 is 5.78 Å². The molecule has 0 spiro atoms. The number of ketones is 1. The van der Waals surface area contributed by atoms with Gasteiger partial charge in [-0.2, -0.15) is 0 Å². The first-order chi connectivity index (χ1) is 10.1. The van der Waals surface area contributed by atoms with Crippen LogP contribution < -0.4 is 0 Å². The van der Waals surface area contributed by atoms with Gasteiger partial charge in [-0.1, -0.05) is 61.4 Å². The molecule has 110 valence electrons. The van der Waals surface area contributed by atoms with Crippen LogP contribution in [0.2, 0.25) is 0 Å². The molecule has 0 radical (unpaired) electrons. The van der Waals surface area contributed by atoms with Gasteiger partial charge in [0.05, 0.1) is 0 Å². The third kappa shape index (κ3) is 4.29. The Kier molecular flexibility index (Phi) is 5.32. The summed E-state index contributed by atoms with van der Waals surface area (Å²) >= 11 is 0. The molecule has 21 heavy (non-hydrogen) atoms. The number of hydrogen-bond donors (Lipinski definition) is 0. The molecule has 0 unspecified atom stereocenters. The van der Waals surface area contributed by atoms with Crippen LogP contribution in [0.4, 0.5) is 0 Å². The van der Waals surface area contributed by atoms with Crippen molar-refractivity contribution < 1.29 is 4.79 Å². The fourth-order valence-electron chi connectivity index (χ4n) is 2.50. The highest BCUT2D eigenvalue weighted by atomic mass is 16.1. The number of Topliss-reactive ketones (excluding diaryl/α,β-unsaturated/α-hetero) is 1. The standard InChI is InChI=1S/C20H24O/c1-4-5-6-17-9-11-18(12-10-17)20(21)14-19-13-15(2)7-8-16(19)3/h7-13H,4-6,14H2,1-3H3. The lowest BCUT2D eigenvalue weighted by atomic mass is 9.97. The van der Waals surface area contributed by atoms with Crippen molar-refractivity contribution in [1.29, 1.82) is 0 Å². The fraction of sp³-hybridized carbons (Fsp3) is 0.350. The van der Waals surface area contributed by atoms with Gasteiger partial charge in [0, 0.05) is 12.0 Å². The van der Waals surface area contributed by atoms with Crippen LogP contribution in [0.1, 0.15) is 52.4 Å². The van der Waals surface area contributed by atoms with Gasteiger partial charge in [0.15, 0.2) is 5.78 Å². The Balaban J connectivity index is 2.07. The van der Waals surface area contributed by atoms with Crippen LogP contribution in [0.3, 0.4) is 0 Å². The topological polar surface area (TPSA) is 17.1 Å². The summed E-state index contributed by atoms with van der Waals surface area (Å²) in [6, 6.07) is 14.4. The largest absolute Gasteiger partial charge is 0.294 e. The van der Waals surface area contributed by atoms with Crippen LogP contribution in [-0.4, -0.2) is 5.78 Å². The van der Waals surface area contributed by atoms with Crippen LogP contribution in [0.5, 0.6) is 0 Å². The van der Waals surface area contributed by atoms with Gasteiger partial charge in [-0.25, -0.2) is 0 Å². The van der Waals surface area contributed by atoms with Gasteiger partial charge >= 0.3 is 0 Å². The molecule has 1 heteroatoms. The van der Waals surface area contributed by atoms with Gasteiger partial charge in [0.1, 0.15) is 0 Å². The quantitative estimate of drug-likeness (QED) is 0.675. The molecule has 0 aliphatic heterocycles. The van der Waals surface area contributed by atoms with Crippen molar-refractivity contribution in [3.8, 4) is 0 Å². The van der Waals surface area contributed by atoms with E-state index >= 15 is 0 Å². The molecule has 0 aromatic heterocycles. The minimum absolute atomic E-state index is 0.200. The van der Waals surface area contributed by atoms with Gasteiger partial charge in [-0.3, -0.25) is 4.79 Å². The van der Waals surface area contributed by atoms with Crippen molar-refractivity contribution in [3.63, 3.8) is 0 Å². The Bertz CT molecular complexity index is 608. The number of benzene rings is 2. The number of aryl methyl sites for hydroxylation is 3. The van der Waals surface area contributed by atoms with E-state index < -0.39 is 0 Å². The second kappa shape index (κ2) is 7.21. The molecule has 0 fully saturated rings. The molecule has 0 bridgehead atoms. The van der Waals surface area contributed by atoms with E-state index in [4.69, 9.17) is 0 Å². The molecule has 2 rings (SSSR count). The van der Waals surface area contributed by atoms with Crippen molar-refractivity contribution in [1.82, 2.24) is 0 Å². The fourth-order valence-corrected chi connectivity index (χ4v) is 2.50. The Morgan fingerprint density at radius 2 is 1.71 bits per heavy atom. The molecule has 0 saturated carbocycles. The zero-order valence-corrected chi connectivity index (χ0v) is 13.3. The lowest BCUT2D eigenvalue weighted by Gasteiger charge is -2.07. The van der Waals surface area contributed by atoms with Crippen molar-refractivity contribution in [3.05, 3.63) is 70.3 Å². The Hall–Kier alpha value is -1.89. The van der Waals surface area contributed by atoms with Crippen LogP contribution in [0.15, 0.2) is 42.5 Å². The minimum atomic E-state index is 0.200. The van der Waals surface area contributed by atoms with Crippen LogP contribution in [0.25, 0.3) is 0 Å². The van der Waals surface area contributed by atoms with Crippen molar-refractivity contribution in [2.75, 3.05) is 0 Å². The van der Waals surface area contributed by atoms with Crippen LogP contribution in [-0.2, 0) is 12.8 Å². The minimum Gasteiger partial charge on any atom is -0.294 e. The van der Waals surface area contributed by atoms with Gasteiger partial charge < -0.3 is 0 Å². The molecular formula is C20H24O. The molecule has 0 aliphatic rings. The summed E-state index contributed by atoms with van der Waals surface area (Å²) in [7, 11) is 0. The molecule has 0 heterocycles. The number of unbranched alkanes of at least 4 members (excludes halogenated alkanes) is 1. The normalized spacial score (nSPS) is 10.6. The molecule has 1 nitrogen and oxygen atoms in total. The third-order valence-corrected chi connectivity index (χ3v) is 3.95. The number of rotatable bonds is 6. The average molecular weight is 280 g/mol. The second-order valence-electron chi connectivity index (χ2n) is 5.83. The highest BCUT2D eigenvalue weighted by molar-refractivity contribution is 5.97. The van der Waals surface area contributed by atoms with E-state index in [-0.39, 0.29) is 5.78 Å². The van der Waals surface area contributed by atoms with Crippen molar-refractivity contribution in [2.45, 2.75) is 46.5 Å². The zero-order valence-electron chi connectivity index (χ0n) is 13.3. The first-order valence-electron chi connectivity index (χ1n) is 7.78. The molecule has 2 aromatic carbocycles. The monoisotopic (exact) mass is 280 g/mol. The van der Waals surface area contributed by atoms with E-state index in [0.717, 1.165) is 17.5 Å². The maximum absolute atomic E-state index is 12.4. The summed E-state index contributed by atoms with van der Waals surface area (Å²) in [6.07, 6.45) is 3.99. The first kappa shape index (κ1) is 15.5. The first-order valence-corrected chi connectivity index (χ1v) is 7.78. The van der Waals surface area contributed by atoms with E-state index in [1.165, 1.54) is 29.5 Å². The smallest absolute Gasteiger partial charge is 0.167 e. The molecule has 0 aliphatic carbocycles. The highest BCUT2D eigenvalue weighted by Crippen LogP contribution is 2.15. The van der Waals surface area contributed by atoms with Gasteiger partial charge in [0.2, 0.25) is 0 Å². The molecule has 0 atom stereocenters. The number of carbonyl (C=O) groups excluding carboxylic acids is 1. The predicted octanol–water partition coefficient (Wildman–Crippen LogP) is 5.07. The van der Waals surface area contributed by atoms with E-state index in [9.17, 15) is 4.79 Å².